The van der Waals surface area contributed by atoms with Crippen LogP contribution in [0.3, 0.4) is 0 Å². The highest BCUT2D eigenvalue weighted by atomic mass is 32.2. The van der Waals surface area contributed by atoms with Gasteiger partial charge in [0.1, 0.15) is 17.6 Å². The number of sulfonamides is 1. The fourth-order valence-electron chi connectivity index (χ4n) is 4.71. The van der Waals surface area contributed by atoms with Crippen LogP contribution in [-0.2, 0) is 17.1 Å². The van der Waals surface area contributed by atoms with Crippen molar-refractivity contribution in [3.8, 4) is 5.75 Å². The van der Waals surface area contributed by atoms with Crippen molar-refractivity contribution in [2.45, 2.75) is 31.2 Å². The Morgan fingerprint density at radius 3 is 2.40 bits per heavy atom. The number of nitrogens with one attached hydrogen (secondary N) is 1. The molecular formula is C26H32N4O4S. The number of hydrogen-bond acceptors (Lipinski definition) is 5. The summed E-state index contributed by atoms with van der Waals surface area (Å²) in [5, 5.41) is 3.03. The molecule has 2 heterocycles. The summed E-state index contributed by atoms with van der Waals surface area (Å²) < 4.78 is 35.3. The lowest BCUT2D eigenvalue weighted by Gasteiger charge is -2.34. The molecule has 1 aliphatic heterocycles. The van der Waals surface area contributed by atoms with Crippen molar-refractivity contribution < 1.29 is 17.9 Å². The van der Waals surface area contributed by atoms with Gasteiger partial charge >= 0.3 is 0 Å². The zero-order valence-corrected chi connectivity index (χ0v) is 21.3. The summed E-state index contributed by atoms with van der Waals surface area (Å²) >= 11 is 0. The third-order valence-corrected chi connectivity index (χ3v) is 8.24. The van der Waals surface area contributed by atoms with Crippen LogP contribution in [0.1, 0.15) is 48.1 Å². The second kappa shape index (κ2) is 10.2. The van der Waals surface area contributed by atoms with Gasteiger partial charge in [-0.05, 0) is 54.2 Å². The molecule has 1 N–H and O–H groups in total. The van der Waals surface area contributed by atoms with Crippen LogP contribution < -0.4 is 10.1 Å². The zero-order chi connectivity index (χ0) is 25.2. The van der Waals surface area contributed by atoms with Crippen molar-refractivity contribution in [1.29, 1.82) is 0 Å². The number of aryl methyl sites for hydroxylation is 1. The fourth-order valence-corrected chi connectivity index (χ4v) is 6.44. The van der Waals surface area contributed by atoms with E-state index in [1.807, 2.05) is 42.1 Å². The summed E-state index contributed by atoms with van der Waals surface area (Å²) in [5.74, 6) is 1.57. The first-order valence-corrected chi connectivity index (χ1v) is 13.1. The number of methoxy groups -OCH3 is 1. The molecule has 1 fully saturated rings. The number of benzene rings is 2. The van der Waals surface area contributed by atoms with Crippen molar-refractivity contribution in [2.24, 2.45) is 18.9 Å². The average molecular weight is 497 g/mol. The number of imidazole rings is 1. The van der Waals surface area contributed by atoms with Gasteiger partial charge in [0.25, 0.3) is 5.91 Å². The number of ether oxygens (including phenoxy) is 1. The largest absolute Gasteiger partial charge is 0.497 e. The molecule has 1 saturated heterocycles. The Kier molecular flexibility index (Phi) is 7.28. The van der Waals surface area contributed by atoms with Crippen molar-refractivity contribution in [3.05, 3.63) is 77.9 Å². The molecule has 8 nitrogen and oxygen atoms in total. The summed E-state index contributed by atoms with van der Waals surface area (Å²) in [6.07, 6.45) is 4.49. The van der Waals surface area contributed by atoms with Gasteiger partial charge in [0.2, 0.25) is 10.0 Å². The molecule has 3 aromatic rings. The molecule has 35 heavy (non-hydrogen) atoms. The first-order chi connectivity index (χ1) is 16.7. The summed E-state index contributed by atoms with van der Waals surface area (Å²) in [6, 6.07) is 13.1. The topological polar surface area (TPSA) is 93.5 Å². The van der Waals surface area contributed by atoms with Crippen molar-refractivity contribution >= 4 is 15.9 Å². The van der Waals surface area contributed by atoms with Crippen LogP contribution in [0.2, 0.25) is 0 Å². The molecule has 0 unspecified atom stereocenters. The number of carbonyl (C=O) groups is 1. The third-order valence-electron chi connectivity index (χ3n) is 6.41. The van der Waals surface area contributed by atoms with Crippen molar-refractivity contribution in [3.63, 3.8) is 0 Å². The SMILES string of the molecule is COc1ccc([C@H](NC(=O)c2cccc(S(=O)(=O)N3C[C@@H](C)C[C@H](C)C3)c2)c2nccn2C)cc1. The van der Waals surface area contributed by atoms with Crippen LogP contribution in [0.25, 0.3) is 0 Å². The van der Waals surface area contributed by atoms with Crippen LogP contribution >= 0.6 is 0 Å². The third kappa shape index (κ3) is 5.41. The normalized spacial score (nSPS) is 19.8. The molecule has 1 amide bonds. The highest BCUT2D eigenvalue weighted by Crippen LogP contribution is 2.28. The zero-order valence-electron chi connectivity index (χ0n) is 20.5. The minimum Gasteiger partial charge on any atom is -0.497 e. The number of rotatable bonds is 7. The highest BCUT2D eigenvalue weighted by Gasteiger charge is 2.32. The number of aromatic nitrogens is 2. The Morgan fingerprint density at radius 2 is 1.80 bits per heavy atom. The van der Waals surface area contributed by atoms with Gasteiger partial charge in [0, 0.05) is 38.1 Å². The molecule has 0 saturated carbocycles. The van der Waals surface area contributed by atoms with E-state index in [1.54, 1.807) is 31.5 Å². The molecule has 4 rings (SSSR count). The Bertz CT molecular complexity index is 1280. The molecule has 0 bridgehead atoms. The number of hydrogen-bond donors (Lipinski definition) is 1. The second-order valence-electron chi connectivity index (χ2n) is 9.37. The lowest BCUT2D eigenvalue weighted by molar-refractivity contribution is 0.0941. The van der Waals surface area contributed by atoms with E-state index in [4.69, 9.17) is 4.74 Å². The van der Waals surface area contributed by atoms with E-state index in [2.05, 4.69) is 24.1 Å². The Balaban J connectivity index is 1.61. The molecule has 1 aromatic heterocycles. The molecule has 0 aliphatic carbocycles. The standard InChI is InChI=1S/C26H32N4O4S/c1-18-14-19(2)17-30(16-18)35(32,33)23-7-5-6-21(15-23)26(31)28-24(25-27-12-13-29(25)3)20-8-10-22(34-4)11-9-20/h5-13,15,18-19,24H,14,16-17H2,1-4H3,(H,28,31)/t18-,19-,24-/m0/s1. The number of carbonyl (C=O) groups excluding carboxylic acids is 1. The molecular weight excluding hydrogens is 464 g/mol. The smallest absolute Gasteiger partial charge is 0.252 e. The molecule has 0 radical (unpaired) electrons. The molecule has 0 spiro atoms. The number of piperidine rings is 1. The molecule has 9 heteroatoms. The summed E-state index contributed by atoms with van der Waals surface area (Å²) in [4.78, 5) is 17.9. The average Bonchev–Trinajstić information content (AvgIpc) is 3.27. The Morgan fingerprint density at radius 1 is 1.11 bits per heavy atom. The van der Waals surface area contributed by atoms with E-state index in [9.17, 15) is 13.2 Å². The van der Waals surface area contributed by atoms with Crippen LogP contribution in [0.5, 0.6) is 5.75 Å². The van der Waals surface area contributed by atoms with Crippen molar-refractivity contribution in [1.82, 2.24) is 19.2 Å². The summed E-state index contributed by atoms with van der Waals surface area (Å²) in [7, 11) is -0.243. The molecule has 2 aromatic carbocycles. The van der Waals surface area contributed by atoms with Gasteiger partial charge in [-0.1, -0.05) is 32.0 Å². The van der Waals surface area contributed by atoms with Gasteiger partial charge in [-0.3, -0.25) is 4.79 Å². The number of nitrogens with zero attached hydrogens (tertiary/aromatic N) is 3. The maximum atomic E-state index is 13.4. The van der Waals surface area contributed by atoms with Crippen LogP contribution in [0, 0.1) is 11.8 Å². The fraction of sp³-hybridized carbons (Fsp3) is 0.385. The van der Waals surface area contributed by atoms with Gasteiger partial charge in [-0.15, -0.1) is 0 Å². The quantitative estimate of drug-likeness (QED) is 0.539. The highest BCUT2D eigenvalue weighted by molar-refractivity contribution is 7.89. The van der Waals surface area contributed by atoms with Crippen LogP contribution in [-0.4, -0.2) is 48.4 Å². The predicted molar refractivity (Wildman–Crippen MR) is 134 cm³/mol. The minimum absolute atomic E-state index is 0.129. The van der Waals surface area contributed by atoms with Gasteiger partial charge in [0.15, 0.2) is 0 Å². The van der Waals surface area contributed by atoms with E-state index in [0.29, 0.717) is 36.5 Å². The Hall–Kier alpha value is -3.17. The second-order valence-corrected chi connectivity index (χ2v) is 11.3. The van der Waals surface area contributed by atoms with Crippen molar-refractivity contribution in [2.75, 3.05) is 20.2 Å². The molecule has 186 valence electrons. The number of amides is 1. The van der Waals surface area contributed by atoms with Crippen LogP contribution in [0.4, 0.5) is 0 Å². The lowest BCUT2D eigenvalue weighted by Crippen LogP contribution is -2.42. The Labute approximate surface area is 207 Å². The van der Waals surface area contributed by atoms with Gasteiger partial charge in [-0.2, -0.15) is 4.31 Å². The van der Waals surface area contributed by atoms with Crippen LogP contribution in [0.15, 0.2) is 65.8 Å². The van der Waals surface area contributed by atoms with E-state index in [1.165, 1.54) is 10.4 Å². The minimum atomic E-state index is -3.70. The van der Waals surface area contributed by atoms with E-state index in [0.717, 1.165) is 12.0 Å². The predicted octanol–water partition coefficient (Wildman–Crippen LogP) is 3.61. The maximum absolute atomic E-state index is 13.4. The van der Waals surface area contributed by atoms with E-state index >= 15 is 0 Å². The first kappa shape index (κ1) is 24.9. The van der Waals surface area contributed by atoms with E-state index in [-0.39, 0.29) is 16.4 Å². The monoisotopic (exact) mass is 496 g/mol. The lowest BCUT2D eigenvalue weighted by atomic mass is 9.94. The molecule has 3 atom stereocenters. The van der Waals surface area contributed by atoms with Gasteiger partial charge in [-0.25, -0.2) is 13.4 Å². The summed E-state index contributed by atoms with van der Waals surface area (Å²) in [6.45, 7) is 5.11. The first-order valence-electron chi connectivity index (χ1n) is 11.7. The summed E-state index contributed by atoms with van der Waals surface area (Å²) in [5.41, 5.74) is 1.10. The van der Waals surface area contributed by atoms with E-state index < -0.39 is 16.1 Å². The van der Waals surface area contributed by atoms with Gasteiger partial charge < -0.3 is 14.6 Å². The molecule has 1 aliphatic rings. The maximum Gasteiger partial charge on any atom is 0.252 e. The van der Waals surface area contributed by atoms with Gasteiger partial charge in [0.05, 0.1) is 12.0 Å².